The third-order valence-corrected chi connectivity index (χ3v) is 3.81. The van der Waals surface area contributed by atoms with Crippen LogP contribution in [0.5, 0.6) is 0 Å². The lowest BCUT2D eigenvalue weighted by atomic mass is 10.2. The highest BCUT2D eigenvalue weighted by atomic mass is 35.5. The maximum atomic E-state index is 12.8. The van der Waals surface area contributed by atoms with Crippen LogP contribution in [0.15, 0.2) is 18.2 Å². The van der Waals surface area contributed by atoms with Crippen molar-refractivity contribution in [2.75, 3.05) is 18.4 Å². The molecule has 0 aromatic heterocycles. The molecule has 0 aliphatic heterocycles. The zero-order valence-electron chi connectivity index (χ0n) is 12.2. The molecule has 1 N–H and O–H groups in total. The van der Waals surface area contributed by atoms with Crippen LogP contribution in [0.2, 0.25) is 5.02 Å². The summed E-state index contributed by atoms with van der Waals surface area (Å²) in [6.07, 6.45) is -1.54. The second-order valence-electron chi connectivity index (χ2n) is 5.51. The molecular weight excluding hydrogens is 317 g/mol. The van der Waals surface area contributed by atoms with E-state index in [4.69, 9.17) is 11.6 Å². The van der Waals surface area contributed by atoms with E-state index in [1.165, 1.54) is 6.07 Å². The molecule has 1 aromatic rings. The molecule has 0 spiro atoms. The smallest absolute Gasteiger partial charge is 0.324 e. The van der Waals surface area contributed by atoms with E-state index in [0.717, 1.165) is 31.4 Å². The molecule has 3 nitrogen and oxygen atoms in total. The molecule has 0 heterocycles. The first-order chi connectivity index (χ1) is 10.3. The third kappa shape index (κ3) is 4.53. The number of alkyl halides is 3. The number of urea groups is 1. The van der Waals surface area contributed by atoms with E-state index in [9.17, 15) is 18.0 Å². The molecule has 22 heavy (non-hydrogen) atoms. The number of rotatable bonds is 5. The summed E-state index contributed by atoms with van der Waals surface area (Å²) in [6, 6.07) is 3.01. The van der Waals surface area contributed by atoms with Gasteiger partial charge in [-0.25, -0.2) is 4.79 Å². The first-order valence-corrected chi connectivity index (χ1v) is 7.61. The van der Waals surface area contributed by atoms with E-state index in [1.54, 1.807) is 4.90 Å². The molecule has 0 bridgehead atoms. The molecule has 1 aromatic carbocycles. The Bertz CT molecular complexity index is 544. The van der Waals surface area contributed by atoms with Gasteiger partial charge < -0.3 is 10.2 Å². The monoisotopic (exact) mass is 334 g/mol. The Labute approximate surface area is 132 Å². The number of benzene rings is 1. The van der Waals surface area contributed by atoms with Crippen molar-refractivity contribution in [2.24, 2.45) is 5.92 Å². The Morgan fingerprint density at radius 2 is 2.09 bits per heavy atom. The number of nitrogens with zero attached hydrogens (tertiary/aromatic N) is 1. The molecule has 0 unspecified atom stereocenters. The number of amides is 2. The van der Waals surface area contributed by atoms with Crippen LogP contribution in [0.4, 0.5) is 23.7 Å². The van der Waals surface area contributed by atoms with Gasteiger partial charge in [0.1, 0.15) is 0 Å². The zero-order valence-corrected chi connectivity index (χ0v) is 13.0. The van der Waals surface area contributed by atoms with Gasteiger partial charge in [0.05, 0.1) is 10.6 Å². The molecule has 0 saturated heterocycles. The maximum absolute atomic E-state index is 12.8. The summed E-state index contributed by atoms with van der Waals surface area (Å²) in [4.78, 5) is 13.9. The number of hydrogen-bond donors (Lipinski definition) is 1. The summed E-state index contributed by atoms with van der Waals surface area (Å²) >= 11 is 5.56. The Balaban J connectivity index is 2.09. The fourth-order valence-corrected chi connectivity index (χ4v) is 2.41. The summed E-state index contributed by atoms with van der Waals surface area (Å²) in [5.74, 6) is 0.522. The minimum Gasteiger partial charge on any atom is -0.324 e. The van der Waals surface area contributed by atoms with Crippen molar-refractivity contribution >= 4 is 23.3 Å². The van der Waals surface area contributed by atoms with Crippen LogP contribution in [0, 0.1) is 5.92 Å². The predicted molar refractivity (Wildman–Crippen MR) is 80.1 cm³/mol. The van der Waals surface area contributed by atoms with Crippen molar-refractivity contribution in [1.82, 2.24) is 4.90 Å². The van der Waals surface area contributed by atoms with Gasteiger partial charge in [0, 0.05) is 18.8 Å². The van der Waals surface area contributed by atoms with Crippen LogP contribution in [0.25, 0.3) is 0 Å². The summed E-state index contributed by atoms with van der Waals surface area (Å²) in [5.41, 5.74) is -0.852. The van der Waals surface area contributed by atoms with Crippen LogP contribution in [0.1, 0.15) is 31.7 Å². The molecule has 1 aliphatic rings. The fraction of sp³-hybridized carbons (Fsp3) is 0.533. The molecule has 7 heteroatoms. The normalized spacial score (nSPS) is 14.8. The second-order valence-corrected chi connectivity index (χ2v) is 5.92. The highest BCUT2D eigenvalue weighted by Gasteiger charge is 2.33. The summed E-state index contributed by atoms with van der Waals surface area (Å²) in [7, 11) is 0. The van der Waals surface area contributed by atoms with Gasteiger partial charge in [-0.15, -0.1) is 0 Å². The number of carbonyl (C=O) groups excluding carboxylic acids is 1. The van der Waals surface area contributed by atoms with E-state index in [0.29, 0.717) is 19.0 Å². The van der Waals surface area contributed by atoms with Crippen LogP contribution < -0.4 is 5.32 Å². The lowest BCUT2D eigenvalue weighted by molar-refractivity contribution is -0.137. The van der Waals surface area contributed by atoms with E-state index in [-0.39, 0.29) is 16.7 Å². The van der Waals surface area contributed by atoms with Crippen molar-refractivity contribution < 1.29 is 18.0 Å². The molecular formula is C15H18ClF3N2O. The minimum absolute atomic E-state index is 0.0959. The van der Waals surface area contributed by atoms with Gasteiger partial charge in [-0.05, 0) is 43.4 Å². The Hall–Kier alpha value is -1.43. The van der Waals surface area contributed by atoms with Crippen molar-refractivity contribution in [3.8, 4) is 0 Å². The minimum atomic E-state index is -4.55. The molecule has 2 amide bonds. The van der Waals surface area contributed by atoms with Crippen LogP contribution >= 0.6 is 11.6 Å². The number of carbonyl (C=O) groups is 1. The van der Waals surface area contributed by atoms with E-state index >= 15 is 0 Å². The average Bonchev–Trinajstić information content (AvgIpc) is 3.23. The standard InChI is InChI=1S/C15H18ClF3N2O/c1-2-7-21(9-10-3-4-10)14(22)20-11-5-6-13(16)12(8-11)15(17,18)19/h5-6,8,10H,2-4,7,9H2,1H3,(H,20,22). The molecule has 1 fully saturated rings. The topological polar surface area (TPSA) is 32.3 Å². The fourth-order valence-electron chi connectivity index (χ4n) is 2.18. The highest BCUT2D eigenvalue weighted by molar-refractivity contribution is 6.31. The van der Waals surface area contributed by atoms with Crippen molar-refractivity contribution in [3.05, 3.63) is 28.8 Å². The maximum Gasteiger partial charge on any atom is 0.417 e. The van der Waals surface area contributed by atoms with Gasteiger partial charge in [0.2, 0.25) is 0 Å². The summed E-state index contributed by atoms with van der Waals surface area (Å²) in [6.45, 7) is 3.19. The molecule has 0 radical (unpaired) electrons. The number of halogens is 4. The van der Waals surface area contributed by atoms with Crippen LogP contribution in [-0.2, 0) is 6.18 Å². The average molecular weight is 335 g/mol. The lowest BCUT2D eigenvalue weighted by Crippen LogP contribution is -2.37. The molecule has 0 atom stereocenters. The van der Waals surface area contributed by atoms with Gasteiger partial charge in [-0.3, -0.25) is 0 Å². The quantitative estimate of drug-likeness (QED) is 0.806. The van der Waals surface area contributed by atoms with Gasteiger partial charge >= 0.3 is 12.2 Å². The van der Waals surface area contributed by atoms with Crippen LogP contribution in [-0.4, -0.2) is 24.0 Å². The second kappa shape index (κ2) is 6.77. The molecule has 122 valence electrons. The van der Waals surface area contributed by atoms with Crippen molar-refractivity contribution in [1.29, 1.82) is 0 Å². The van der Waals surface area contributed by atoms with Gasteiger partial charge in [0.25, 0.3) is 0 Å². The van der Waals surface area contributed by atoms with Gasteiger partial charge in [0.15, 0.2) is 0 Å². The van der Waals surface area contributed by atoms with Gasteiger partial charge in [-0.2, -0.15) is 13.2 Å². The van der Waals surface area contributed by atoms with Crippen LogP contribution in [0.3, 0.4) is 0 Å². The summed E-state index contributed by atoms with van der Waals surface area (Å²) in [5, 5.41) is 2.15. The first-order valence-electron chi connectivity index (χ1n) is 7.24. The van der Waals surface area contributed by atoms with Crippen molar-refractivity contribution in [2.45, 2.75) is 32.4 Å². The van der Waals surface area contributed by atoms with Crippen molar-refractivity contribution in [3.63, 3.8) is 0 Å². The van der Waals surface area contributed by atoms with Gasteiger partial charge in [-0.1, -0.05) is 18.5 Å². The number of nitrogens with one attached hydrogen (secondary N) is 1. The highest BCUT2D eigenvalue weighted by Crippen LogP contribution is 2.36. The number of hydrogen-bond acceptors (Lipinski definition) is 1. The Morgan fingerprint density at radius 1 is 1.41 bits per heavy atom. The lowest BCUT2D eigenvalue weighted by Gasteiger charge is -2.22. The third-order valence-electron chi connectivity index (χ3n) is 3.48. The van der Waals surface area contributed by atoms with E-state index < -0.39 is 11.7 Å². The molecule has 2 rings (SSSR count). The SMILES string of the molecule is CCCN(CC1CC1)C(=O)Nc1ccc(Cl)c(C(F)(F)F)c1. The molecule has 1 aliphatic carbocycles. The van der Waals surface area contributed by atoms with E-state index in [1.807, 2.05) is 6.92 Å². The Morgan fingerprint density at radius 3 is 2.64 bits per heavy atom. The van der Waals surface area contributed by atoms with E-state index in [2.05, 4.69) is 5.32 Å². The molecule has 1 saturated carbocycles. The predicted octanol–water partition coefficient (Wildman–Crippen LogP) is 5.01. The first kappa shape index (κ1) is 16.9. The Kier molecular flexibility index (Phi) is 5.21. The zero-order chi connectivity index (χ0) is 16.3. The summed E-state index contributed by atoms with van der Waals surface area (Å²) < 4.78 is 38.5. The number of anilines is 1. The largest absolute Gasteiger partial charge is 0.417 e.